The van der Waals surface area contributed by atoms with Crippen LogP contribution in [0.1, 0.15) is 21.5 Å². The molecule has 5 heteroatoms. The van der Waals surface area contributed by atoms with Gasteiger partial charge in [0.2, 0.25) is 0 Å². The van der Waals surface area contributed by atoms with Crippen LogP contribution in [0.25, 0.3) is 0 Å². The van der Waals surface area contributed by atoms with Gasteiger partial charge in [0.1, 0.15) is 0 Å². The smallest absolute Gasteiger partial charge is 0.251 e. The van der Waals surface area contributed by atoms with Crippen LogP contribution in [-0.4, -0.2) is 24.9 Å². The molecule has 0 aromatic heterocycles. The molecule has 0 fully saturated rings. The highest BCUT2D eigenvalue weighted by Gasteiger charge is 2.07. The van der Waals surface area contributed by atoms with Gasteiger partial charge in [0.05, 0.1) is 5.02 Å². The zero-order chi connectivity index (χ0) is 16.1. The summed E-state index contributed by atoms with van der Waals surface area (Å²) >= 11 is 8.09. The molecule has 2 rings (SSSR count). The highest BCUT2D eigenvalue weighted by molar-refractivity contribution is 14.1. The second kappa shape index (κ2) is 7.94. The van der Waals surface area contributed by atoms with Gasteiger partial charge in [-0.1, -0.05) is 35.9 Å². The first-order chi connectivity index (χ1) is 10.5. The maximum atomic E-state index is 12.1. The average molecular weight is 429 g/mol. The summed E-state index contributed by atoms with van der Waals surface area (Å²) in [6.07, 6.45) is 0. The summed E-state index contributed by atoms with van der Waals surface area (Å²) in [5.41, 5.74) is 2.96. The van der Waals surface area contributed by atoms with E-state index in [2.05, 4.69) is 44.9 Å². The molecular weight excluding hydrogens is 411 g/mol. The summed E-state index contributed by atoms with van der Waals surface area (Å²) in [4.78, 5) is 14.3. The molecule has 0 heterocycles. The van der Waals surface area contributed by atoms with Crippen LogP contribution in [0, 0.1) is 3.57 Å². The number of carbonyl (C=O) groups is 1. The molecule has 0 aliphatic rings. The maximum absolute atomic E-state index is 12.1. The number of carbonyl (C=O) groups excluding carboxylic acids is 1. The van der Waals surface area contributed by atoms with E-state index in [-0.39, 0.29) is 5.91 Å². The number of rotatable bonds is 5. The minimum Gasteiger partial charge on any atom is -0.348 e. The molecule has 0 saturated carbocycles. The monoisotopic (exact) mass is 428 g/mol. The van der Waals surface area contributed by atoms with Crippen LogP contribution in [0.5, 0.6) is 0 Å². The van der Waals surface area contributed by atoms with Crippen LogP contribution in [0.15, 0.2) is 42.5 Å². The highest BCUT2D eigenvalue weighted by Crippen LogP contribution is 2.19. The van der Waals surface area contributed by atoms with Crippen molar-refractivity contribution < 1.29 is 4.79 Å². The third-order valence-corrected chi connectivity index (χ3v) is 4.70. The summed E-state index contributed by atoms with van der Waals surface area (Å²) in [5, 5.41) is 3.59. The lowest BCUT2D eigenvalue weighted by molar-refractivity contribution is 0.0951. The van der Waals surface area contributed by atoms with Crippen molar-refractivity contribution in [2.45, 2.75) is 13.1 Å². The average Bonchev–Trinajstić information content (AvgIpc) is 2.48. The molecule has 3 nitrogen and oxygen atoms in total. The molecular formula is C17H18ClIN2O. The number of hydrogen-bond acceptors (Lipinski definition) is 2. The molecule has 0 aliphatic heterocycles. The van der Waals surface area contributed by atoms with Crippen molar-refractivity contribution in [3.63, 3.8) is 0 Å². The summed E-state index contributed by atoms with van der Waals surface area (Å²) in [5.74, 6) is -0.0908. The molecule has 0 spiro atoms. The second-order valence-electron chi connectivity index (χ2n) is 5.37. The van der Waals surface area contributed by atoms with E-state index in [0.717, 1.165) is 15.7 Å². The fourth-order valence-corrected chi connectivity index (χ4v) is 2.68. The SMILES string of the molecule is CN(C)Cc1ccc(CNC(=O)c2ccc(Cl)c(I)c2)cc1. The molecule has 116 valence electrons. The summed E-state index contributed by atoms with van der Waals surface area (Å²) in [7, 11) is 4.09. The van der Waals surface area contributed by atoms with E-state index < -0.39 is 0 Å². The Kier molecular flexibility index (Phi) is 6.23. The van der Waals surface area contributed by atoms with Crippen LogP contribution < -0.4 is 5.32 Å². The van der Waals surface area contributed by atoms with Crippen molar-refractivity contribution in [1.82, 2.24) is 10.2 Å². The number of nitrogens with one attached hydrogen (secondary N) is 1. The third-order valence-electron chi connectivity index (χ3n) is 3.16. The molecule has 2 aromatic rings. The molecule has 1 amide bonds. The molecule has 2 aromatic carbocycles. The van der Waals surface area contributed by atoms with Crippen molar-refractivity contribution in [1.29, 1.82) is 0 Å². The third kappa shape index (κ3) is 4.97. The molecule has 0 radical (unpaired) electrons. The second-order valence-corrected chi connectivity index (χ2v) is 6.94. The first kappa shape index (κ1) is 17.2. The van der Waals surface area contributed by atoms with E-state index >= 15 is 0 Å². The Hall–Kier alpha value is -1.11. The molecule has 0 unspecified atom stereocenters. The summed E-state index contributed by atoms with van der Waals surface area (Å²) in [6.45, 7) is 1.43. The summed E-state index contributed by atoms with van der Waals surface area (Å²) in [6, 6.07) is 13.5. The topological polar surface area (TPSA) is 32.3 Å². The van der Waals surface area contributed by atoms with E-state index in [1.807, 2.05) is 26.2 Å². The predicted octanol–water partition coefficient (Wildman–Crippen LogP) is 3.94. The van der Waals surface area contributed by atoms with Gasteiger partial charge in [0.25, 0.3) is 5.91 Å². The standard InChI is InChI=1S/C17H18ClIN2O/c1-21(2)11-13-5-3-12(4-6-13)10-20-17(22)14-7-8-15(18)16(19)9-14/h3-9H,10-11H2,1-2H3,(H,20,22). The molecule has 22 heavy (non-hydrogen) atoms. The zero-order valence-electron chi connectivity index (χ0n) is 12.6. The normalized spacial score (nSPS) is 10.8. The van der Waals surface area contributed by atoms with Crippen molar-refractivity contribution in [2.24, 2.45) is 0 Å². The van der Waals surface area contributed by atoms with Crippen molar-refractivity contribution in [3.05, 3.63) is 67.7 Å². The Balaban J connectivity index is 1.94. The largest absolute Gasteiger partial charge is 0.348 e. The minimum atomic E-state index is -0.0908. The van der Waals surface area contributed by atoms with E-state index in [1.54, 1.807) is 18.2 Å². The van der Waals surface area contributed by atoms with Gasteiger partial charge in [0, 0.05) is 22.2 Å². The fourth-order valence-electron chi connectivity index (χ4n) is 2.05. The van der Waals surface area contributed by atoms with E-state index in [1.165, 1.54) is 5.56 Å². The Labute approximate surface area is 149 Å². The fraction of sp³-hybridized carbons (Fsp3) is 0.235. The van der Waals surface area contributed by atoms with Gasteiger partial charge in [-0.15, -0.1) is 0 Å². The van der Waals surface area contributed by atoms with Gasteiger partial charge in [-0.25, -0.2) is 0 Å². The maximum Gasteiger partial charge on any atom is 0.251 e. The Morgan fingerprint density at radius 2 is 1.77 bits per heavy atom. The molecule has 0 atom stereocenters. The Morgan fingerprint density at radius 1 is 1.14 bits per heavy atom. The van der Waals surface area contributed by atoms with E-state index in [4.69, 9.17) is 11.6 Å². The van der Waals surface area contributed by atoms with Crippen molar-refractivity contribution in [3.8, 4) is 0 Å². The lowest BCUT2D eigenvalue weighted by atomic mass is 10.1. The van der Waals surface area contributed by atoms with Gasteiger partial charge in [0.15, 0.2) is 0 Å². The first-order valence-corrected chi connectivity index (χ1v) is 8.37. The van der Waals surface area contributed by atoms with E-state index in [0.29, 0.717) is 17.1 Å². The lowest BCUT2D eigenvalue weighted by Gasteiger charge is -2.10. The first-order valence-electron chi connectivity index (χ1n) is 6.91. The predicted molar refractivity (Wildman–Crippen MR) is 99.2 cm³/mol. The van der Waals surface area contributed by atoms with Gasteiger partial charge in [-0.3, -0.25) is 4.79 Å². The molecule has 0 bridgehead atoms. The van der Waals surface area contributed by atoms with Gasteiger partial charge in [-0.05, 0) is 66.0 Å². The Morgan fingerprint density at radius 3 is 2.36 bits per heavy atom. The van der Waals surface area contributed by atoms with Gasteiger partial charge in [-0.2, -0.15) is 0 Å². The quantitative estimate of drug-likeness (QED) is 0.732. The van der Waals surface area contributed by atoms with E-state index in [9.17, 15) is 4.79 Å². The number of benzene rings is 2. The number of halogens is 2. The minimum absolute atomic E-state index is 0.0908. The highest BCUT2D eigenvalue weighted by atomic mass is 127. The number of hydrogen-bond donors (Lipinski definition) is 1. The van der Waals surface area contributed by atoms with Crippen LogP contribution in [0.4, 0.5) is 0 Å². The molecule has 1 N–H and O–H groups in total. The zero-order valence-corrected chi connectivity index (χ0v) is 15.5. The molecule has 0 aliphatic carbocycles. The van der Waals surface area contributed by atoms with Crippen molar-refractivity contribution in [2.75, 3.05) is 14.1 Å². The lowest BCUT2D eigenvalue weighted by Crippen LogP contribution is -2.22. The number of nitrogens with zero attached hydrogens (tertiary/aromatic N) is 1. The van der Waals surface area contributed by atoms with Crippen LogP contribution in [0.2, 0.25) is 5.02 Å². The molecule has 0 saturated heterocycles. The van der Waals surface area contributed by atoms with Crippen LogP contribution >= 0.6 is 34.2 Å². The summed E-state index contributed by atoms with van der Waals surface area (Å²) < 4.78 is 0.875. The van der Waals surface area contributed by atoms with Crippen molar-refractivity contribution >= 4 is 40.1 Å². The number of amides is 1. The van der Waals surface area contributed by atoms with Crippen LogP contribution in [0.3, 0.4) is 0 Å². The van der Waals surface area contributed by atoms with Gasteiger partial charge < -0.3 is 10.2 Å². The van der Waals surface area contributed by atoms with Gasteiger partial charge >= 0.3 is 0 Å². The van der Waals surface area contributed by atoms with Crippen LogP contribution in [-0.2, 0) is 13.1 Å². The Bertz CT molecular complexity index is 656.